The molecular weight excluding hydrogens is 242 g/mol. The highest BCUT2D eigenvalue weighted by atomic mass is 16.6. The largest absolute Gasteiger partial charge is 0.316 e. The third-order valence-corrected chi connectivity index (χ3v) is 3.57. The minimum atomic E-state index is -0.360. The highest BCUT2D eigenvalue weighted by molar-refractivity contribution is 5.32. The van der Waals surface area contributed by atoms with Crippen molar-refractivity contribution in [3.8, 4) is 0 Å². The summed E-state index contributed by atoms with van der Waals surface area (Å²) in [4.78, 5) is 12.5. The van der Waals surface area contributed by atoms with Crippen LogP contribution in [-0.2, 0) is 6.54 Å². The first-order valence-corrected chi connectivity index (χ1v) is 6.78. The first kappa shape index (κ1) is 14.0. The molecule has 2 rings (SSSR count). The molecule has 1 atom stereocenters. The third-order valence-electron chi connectivity index (χ3n) is 3.57. The van der Waals surface area contributed by atoms with E-state index in [1.54, 1.807) is 12.1 Å². The summed E-state index contributed by atoms with van der Waals surface area (Å²) in [5.41, 5.74) is 1.28. The monoisotopic (exact) mass is 263 g/mol. The number of benzene rings is 1. The summed E-state index contributed by atoms with van der Waals surface area (Å²) in [6.07, 6.45) is 2.55. The average molecular weight is 263 g/mol. The van der Waals surface area contributed by atoms with Crippen molar-refractivity contribution in [2.24, 2.45) is 5.92 Å². The molecule has 0 bridgehead atoms. The van der Waals surface area contributed by atoms with Crippen LogP contribution >= 0.6 is 0 Å². The molecule has 104 valence electrons. The van der Waals surface area contributed by atoms with E-state index in [1.165, 1.54) is 12.8 Å². The molecule has 19 heavy (non-hydrogen) atoms. The Morgan fingerprint density at radius 2 is 2.16 bits per heavy atom. The molecule has 1 fully saturated rings. The summed E-state index contributed by atoms with van der Waals surface area (Å²) in [5, 5.41) is 14.0. The zero-order valence-electron chi connectivity index (χ0n) is 11.3. The maximum absolute atomic E-state index is 10.6. The van der Waals surface area contributed by atoms with Crippen molar-refractivity contribution in [3.63, 3.8) is 0 Å². The Hall–Kier alpha value is -1.46. The molecule has 5 nitrogen and oxygen atoms in total. The lowest BCUT2D eigenvalue weighted by Crippen LogP contribution is -2.36. The predicted molar refractivity (Wildman–Crippen MR) is 75.0 cm³/mol. The highest BCUT2D eigenvalue weighted by Gasteiger charge is 2.15. The van der Waals surface area contributed by atoms with E-state index in [9.17, 15) is 10.1 Å². The Balaban J connectivity index is 1.83. The van der Waals surface area contributed by atoms with E-state index in [4.69, 9.17) is 0 Å². The van der Waals surface area contributed by atoms with Crippen LogP contribution < -0.4 is 5.32 Å². The summed E-state index contributed by atoms with van der Waals surface area (Å²) in [6.45, 7) is 4.16. The molecule has 0 saturated carbocycles. The van der Waals surface area contributed by atoms with Gasteiger partial charge in [0.25, 0.3) is 5.69 Å². The molecule has 1 saturated heterocycles. The minimum absolute atomic E-state index is 0.155. The van der Waals surface area contributed by atoms with Gasteiger partial charge in [0.05, 0.1) is 4.92 Å². The number of non-ortho nitro benzene ring substituents is 1. The zero-order chi connectivity index (χ0) is 13.7. The van der Waals surface area contributed by atoms with E-state index in [0.29, 0.717) is 0 Å². The maximum Gasteiger partial charge on any atom is 0.269 e. The molecule has 1 heterocycles. The molecule has 0 amide bonds. The van der Waals surface area contributed by atoms with Gasteiger partial charge in [-0.15, -0.1) is 0 Å². The van der Waals surface area contributed by atoms with Gasteiger partial charge in [0.15, 0.2) is 0 Å². The number of rotatable bonds is 5. The summed E-state index contributed by atoms with van der Waals surface area (Å²) in [6, 6.07) is 6.83. The fourth-order valence-electron chi connectivity index (χ4n) is 2.62. The molecular formula is C14H21N3O2. The van der Waals surface area contributed by atoms with Crippen molar-refractivity contribution < 1.29 is 4.92 Å². The normalized spacial score (nSPS) is 19.6. The Labute approximate surface area is 113 Å². The van der Waals surface area contributed by atoms with Gasteiger partial charge in [0, 0.05) is 25.2 Å². The lowest BCUT2D eigenvalue weighted by atomic mass is 9.99. The molecule has 1 aliphatic heterocycles. The second kappa shape index (κ2) is 6.63. The predicted octanol–water partition coefficient (Wildman–Crippen LogP) is 2.03. The molecule has 1 aliphatic rings. The zero-order valence-corrected chi connectivity index (χ0v) is 11.3. The standard InChI is InChI=1S/C14H21N3O2/c1-16(11-13-3-2-8-15-9-13)10-12-4-6-14(7-5-12)17(18)19/h4-7,13,15H,2-3,8-11H2,1H3. The van der Waals surface area contributed by atoms with E-state index in [2.05, 4.69) is 17.3 Å². The van der Waals surface area contributed by atoms with Crippen LogP contribution in [0.15, 0.2) is 24.3 Å². The second-order valence-corrected chi connectivity index (χ2v) is 5.33. The van der Waals surface area contributed by atoms with Crippen molar-refractivity contribution in [2.45, 2.75) is 19.4 Å². The van der Waals surface area contributed by atoms with Gasteiger partial charge in [0.2, 0.25) is 0 Å². The Bertz CT molecular complexity index is 413. The Kier molecular flexibility index (Phi) is 4.87. The molecule has 0 spiro atoms. The molecule has 1 unspecified atom stereocenters. The molecule has 0 aliphatic carbocycles. The first-order valence-electron chi connectivity index (χ1n) is 6.78. The fraction of sp³-hybridized carbons (Fsp3) is 0.571. The van der Waals surface area contributed by atoms with E-state index < -0.39 is 0 Å². The molecule has 0 radical (unpaired) electrons. The smallest absolute Gasteiger partial charge is 0.269 e. The van der Waals surface area contributed by atoms with E-state index in [1.807, 2.05) is 12.1 Å². The van der Waals surface area contributed by atoms with Crippen LogP contribution in [0.1, 0.15) is 18.4 Å². The molecule has 1 N–H and O–H groups in total. The van der Waals surface area contributed by atoms with Gasteiger partial charge in [-0.2, -0.15) is 0 Å². The lowest BCUT2D eigenvalue weighted by molar-refractivity contribution is -0.384. The first-order chi connectivity index (χ1) is 9.15. The van der Waals surface area contributed by atoms with E-state index in [-0.39, 0.29) is 10.6 Å². The quantitative estimate of drug-likeness (QED) is 0.652. The van der Waals surface area contributed by atoms with Crippen molar-refractivity contribution >= 4 is 5.69 Å². The number of nitro benzene ring substituents is 1. The summed E-state index contributed by atoms with van der Waals surface area (Å²) in [5.74, 6) is 0.719. The summed E-state index contributed by atoms with van der Waals surface area (Å²) >= 11 is 0. The van der Waals surface area contributed by atoms with Crippen molar-refractivity contribution in [2.75, 3.05) is 26.7 Å². The average Bonchev–Trinajstić information content (AvgIpc) is 2.40. The van der Waals surface area contributed by atoms with Gasteiger partial charge in [-0.3, -0.25) is 10.1 Å². The van der Waals surface area contributed by atoms with Crippen LogP contribution in [0, 0.1) is 16.0 Å². The Morgan fingerprint density at radius 1 is 1.42 bits per heavy atom. The number of nitrogens with one attached hydrogen (secondary N) is 1. The van der Waals surface area contributed by atoms with Gasteiger partial charge in [-0.1, -0.05) is 12.1 Å². The number of piperidine rings is 1. The third kappa shape index (κ3) is 4.29. The Morgan fingerprint density at radius 3 is 2.74 bits per heavy atom. The van der Waals surface area contributed by atoms with Crippen LogP contribution in [-0.4, -0.2) is 36.5 Å². The number of nitro groups is 1. The number of nitrogens with zero attached hydrogens (tertiary/aromatic N) is 2. The topological polar surface area (TPSA) is 58.4 Å². The lowest BCUT2D eigenvalue weighted by Gasteiger charge is -2.27. The van der Waals surface area contributed by atoms with Crippen LogP contribution in [0.5, 0.6) is 0 Å². The van der Waals surface area contributed by atoms with Crippen LogP contribution in [0.25, 0.3) is 0 Å². The van der Waals surface area contributed by atoms with Crippen molar-refractivity contribution in [1.82, 2.24) is 10.2 Å². The van der Waals surface area contributed by atoms with E-state index in [0.717, 1.165) is 37.7 Å². The van der Waals surface area contributed by atoms with Crippen LogP contribution in [0.2, 0.25) is 0 Å². The van der Waals surface area contributed by atoms with Crippen LogP contribution in [0.4, 0.5) is 5.69 Å². The summed E-state index contributed by atoms with van der Waals surface area (Å²) in [7, 11) is 2.11. The van der Waals surface area contributed by atoms with E-state index >= 15 is 0 Å². The van der Waals surface area contributed by atoms with Crippen LogP contribution in [0.3, 0.4) is 0 Å². The molecule has 1 aromatic rings. The highest BCUT2D eigenvalue weighted by Crippen LogP contribution is 2.15. The molecule has 0 aromatic heterocycles. The molecule has 5 heteroatoms. The fourth-order valence-corrected chi connectivity index (χ4v) is 2.62. The van der Waals surface area contributed by atoms with Gasteiger partial charge in [-0.05, 0) is 44.5 Å². The van der Waals surface area contributed by atoms with Gasteiger partial charge in [0.1, 0.15) is 0 Å². The maximum atomic E-state index is 10.6. The number of hydrogen-bond donors (Lipinski definition) is 1. The van der Waals surface area contributed by atoms with Crippen molar-refractivity contribution in [1.29, 1.82) is 0 Å². The minimum Gasteiger partial charge on any atom is -0.316 e. The van der Waals surface area contributed by atoms with Gasteiger partial charge >= 0.3 is 0 Å². The van der Waals surface area contributed by atoms with Gasteiger partial charge < -0.3 is 10.2 Å². The second-order valence-electron chi connectivity index (χ2n) is 5.33. The SMILES string of the molecule is CN(Cc1ccc([N+](=O)[O-])cc1)CC1CCCNC1. The van der Waals surface area contributed by atoms with Crippen molar-refractivity contribution in [3.05, 3.63) is 39.9 Å². The molecule has 1 aromatic carbocycles. The summed E-state index contributed by atoms with van der Waals surface area (Å²) < 4.78 is 0. The number of hydrogen-bond acceptors (Lipinski definition) is 4. The van der Waals surface area contributed by atoms with Gasteiger partial charge in [-0.25, -0.2) is 0 Å².